The van der Waals surface area contributed by atoms with E-state index >= 15 is 0 Å². The van der Waals surface area contributed by atoms with Gasteiger partial charge in [0.1, 0.15) is 13.2 Å². The van der Waals surface area contributed by atoms with E-state index in [2.05, 4.69) is 9.57 Å². The number of carboxylic acid groups (broad SMARTS) is 1. The number of carbonyl (C=O) groups is 2. The normalized spacial score (nSPS) is 11.4. The van der Waals surface area contributed by atoms with E-state index in [1.54, 1.807) is 0 Å². The molecule has 0 aliphatic heterocycles. The Kier molecular flexibility index (Phi) is 8.74. The highest BCUT2D eigenvalue weighted by molar-refractivity contribution is 5.79. The molecule has 0 fully saturated rings. The number of alkyl carbamates (subject to hydrolysis) is 1. The highest BCUT2D eigenvalue weighted by atomic mass is 17.0. The summed E-state index contributed by atoms with van der Waals surface area (Å²) in [4.78, 5) is 35.2. The third-order valence-corrected chi connectivity index (χ3v) is 1.66. The fourth-order valence-electron chi connectivity index (χ4n) is 0.835. The highest BCUT2D eigenvalue weighted by Crippen LogP contribution is 1.87. The van der Waals surface area contributed by atoms with Gasteiger partial charge in [0.2, 0.25) is 0 Å². The molecule has 0 saturated carbocycles. The number of carboxylic acids is 1. The van der Waals surface area contributed by atoms with E-state index in [1.165, 1.54) is 0 Å². The standard InChI is InChI=1S/C8H14N2O9/c11-5-6(7(12)13)9-8(14)18-3-1-17-2-4-19-10(15)16/h6,11H,1-5H2,(H,9,14)(H,12,13). The van der Waals surface area contributed by atoms with E-state index < -0.39 is 29.8 Å². The van der Waals surface area contributed by atoms with Crippen LogP contribution in [0.15, 0.2) is 0 Å². The van der Waals surface area contributed by atoms with Gasteiger partial charge in [-0.3, -0.25) is 0 Å². The molecule has 0 heterocycles. The predicted molar refractivity (Wildman–Crippen MR) is 56.8 cm³/mol. The lowest BCUT2D eigenvalue weighted by Gasteiger charge is -2.11. The van der Waals surface area contributed by atoms with Gasteiger partial charge in [-0.25, -0.2) is 9.59 Å². The van der Waals surface area contributed by atoms with Crippen LogP contribution < -0.4 is 5.32 Å². The fraction of sp³-hybridized carbons (Fsp3) is 0.750. The van der Waals surface area contributed by atoms with Crippen molar-refractivity contribution >= 4 is 12.1 Å². The number of amides is 1. The topological polar surface area (TPSA) is 157 Å². The van der Waals surface area contributed by atoms with Crippen molar-refractivity contribution in [2.24, 2.45) is 0 Å². The van der Waals surface area contributed by atoms with E-state index in [-0.39, 0.29) is 26.4 Å². The number of rotatable bonds is 10. The maximum absolute atomic E-state index is 11.0. The van der Waals surface area contributed by atoms with Crippen LogP contribution in [0.4, 0.5) is 4.79 Å². The van der Waals surface area contributed by atoms with Crippen LogP contribution in [0.25, 0.3) is 0 Å². The largest absolute Gasteiger partial charge is 0.480 e. The Hall–Kier alpha value is -2.14. The molecule has 0 aliphatic carbocycles. The molecule has 1 unspecified atom stereocenters. The summed E-state index contributed by atoms with van der Waals surface area (Å²) in [6.45, 7) is -1.28. The lowest BCUT2D eigenvalue weighted by Crippen LogP contribution is -2.43. The van der Waals surface area contributed by atoms with Gasteiger partial charge in [-0.1, -0.05) is 0 Å². The monoisotopic (exact) mass is 282 g/mol. The van der Waals surface area contributed by atoms with Crippen LogP contribution in [0.2, 0.25) is 0 Å². The minimum absolute atomic E-state index is 0.0364. The Morgan fingerprint density at radius 1 is 1.26 bits per heavy atom. The molecule has 0 bridgehead atoms. The van der Waals surface area contributed by atoms with Crippen LogP contribution in [0.5, 0.6) is 0 Å². The first-order valence-corrected chi connectivity index (χ1v) is 5.09. The van der Waals surface area contributed by atoms with E-state index in [1.807, 2.05) is 5.32 Å². The molecule has 110 valence electrons. The molecule has 0 aliphatic rings. The summed E-state index contributed by atoms with van der Waals surface area (Å²) < 4.78 is 9.34. The zero-order valence-electron chi connectivity index (χ0n) is 9.81. The number of aliphatic hydroxyl groups is 1. The van der Waals surface area contributed by atoms with Gasteiger partial charge in [-0.05, 0) is 0 Å². The van der Waals surface area contributed by atoms with Crippen LogP contribution in [-0.4, -0.2) is 66.4 Å². The van der Waals surface area contributed by atoms with Gasteiger partial charge in [0.25, 0.3) is 5.09 Å². The van der Waals surface area contributed by atoms with Crippen molar-refractivity contribution in [2.75, 3.05) is 33.0 Å². The van der Waals surface area contributed by atoms with Gasteiger partial charge >= 0.3 is 12.1 Å². The van der Waals surface area contributed by atoms with Crippen molar-refractivity contribution in [1.29, 1.82) is 0 Å². The van der Waals surface area contributed by atoms with Crippen molar-refractivity contribution < 1.29 is 39.2 Å². The van der Waals surface area contributed by atoms with Gasteiger partial charge < -0.3 is 29.8 Å². The lowest BCUT2D eigenvalue weighted by atomic mass is 10.3. The van der Waals surface area contributed by atoms with Crippen molar-refractivity contribution in [1.82, 2.24) is 5.32 Å². The quantitative estimate of drug-likeness (QED) is 0.243. The summed E-state index contributed by atoms with van der Waals surface area (Å²) in [6, 6.07) is -1.44. The Morgan fingerprint density at radius 3 is 2.42 bits per heavy atom. The number of hydrogen-bond donors (Lipinski definition) is 3. The summed E-state index contributed by atoms with van der Waals surface area (Å²) >= 11 is 0. The van der Waals surface area contributed by atoms with Crippen LogP contribution >= 0.6 is 0 Å². The predicted octanol–water partition coefficient (Wildman–Crippen LogP) is -1.62. The van der Waals surface area contributed by atoms with Gasteiger partial charge in [-0.15, -0.1) is 10.1 Å². The van der Waals surface area contributed by atoms with Crippen LogP contribution in [0.1, 0.15) is 0 Å². The first-order chi connectivity index (χ1) is 8.97. The van der Waals surface area contributed by atoms with Crippen molar-refractivity contribution in [3.63, 3.8) is 0 Å². The summed E-state index contributed by atoms with van der Waals surface area (Å²) in [6.07, 6.45) is -1.02. The number of nitrogens with zero attached hydrogens (tertiary/aromatic N) is 1. The Labute approximate surface area is 107 Å². The molecule has 0 aromatic carbocycles. The molecule has 0 spiro atoms. The first-order valence-electron chi connectivity index (χ1n) is 5.09. The van der Waals surface area contributed by atoms with Crippen molar-refractivity contribution in [2.45, 2.75) is 6.04 Å². The molecule has 19 heavy (non-hydrogen) atoms. The minimum Gasteiger partial charge on any atom is -0.480 e. The highest BCUT2D eigenvalue weighted by Gasteiger charge is 2.19. The van der Waals surface area contributed by atoms with Crippen molar-refractivity contribution in [3.8, 4) is 0 Å². The van der Waals surface area contributed by atoms with Crippen LogP contribution in [-0.2, 0) is 19.1 Å². The average Bonchev–Trinajstić information content (AvgIpc) is 2.34. The maximum atomic E-state index is 11.0. The molecule has 0 aromatic heterocycles. The number of carbonyl (C=O) groups excluding carboxylic acids is 1. The Bertz CT molecular complexity index is 309. The molecule has 3 N–H and O–H groups in total. The van der Waals surface area contributed by atoms with E-state index in [0.29, 0.717) is 0 Å². The maximum Gasteiger partial charge on any atom is 0.408 e. The summed E-state index contributed by atoms with van der Waals surface area (Å²) in [5.41, 5.74) is 0. The average molecular weight is 282 g/mol. The third-order valence-electron chi connectivity index (χ3n) is 1.66. The van der Waals surface area contributed by atoms with Crippen molar-refractivity contribution in [3.05, 3.63) is 10.1 Å². The molecule has 0 radical (unpaired) electrons. The SMILES string of the molecule is O=C(NC(CO)C(=O)O)OCCOCCO[N+](=O)[O-]. The lowest BCUT2D eigenvalue weighted by molar-refractivity contribution is -0.758. The fourth-order valence-corrected chi connectivity index (χ4v) is 0.835. The summed E-state index contributed by atoms with van der Waals surface area (Å²) in [7, 11) is 0. The second-order valence-electron chi connectivity index (χ2n) is 3.02. The third kappa shape index (κ3) is 9.55. The molecule has 0 rings (SSSR count). The smallest absolute Gasteiger partial charge is 0.408 e. The Balaban J connectivity index is 3.53. The number of aliphatic hydroxyl groups excluding tert-OH is 1. The van der Waals surface area contributed by atoms with Gasteiger partial charge in [-0.2, -0.15) is 0 Å². The molecule has 0 aromatic rings. The Morgan fingerprint density at radius 2 is 1.89 bits per heavy atom. The molecular formula is C8H14N2O9. The van der Waals surface area contributed by atoms with Crippen LogP contribution in [0.3, 0.4) is 0 Å². The number of hydrogen-bond acceptors (Lipinski definition) is 8. The molecule has 11 heteroatoms. The summed E-state index contributed by atoms with van der Waals surface area (Å²) in [5.74, 6) is -1.40. The molecule has 0 saturated heterocycles. The van der Waals surface area contributed by atoms with Gasteiger partial charge in [0.15, 0.2) is 6.04 Å². The minimum atomic E-state index is -1.44. The number of ether oxygens (including phenoxy) is 2. The van der Waals surface area contributed by atoms with E-state index in [9.17, 15) is 19.7 Å². The zero-order chi connectivity index (χ0) is 14.7. The second kappa shape index (κ2) is 9.85. The van der Waals surface area contributed by atoms with E-state index in [0.717, 1.165) is 0 Å². The molecule has 11 nitrogen and oxygen atoms in total. The number of nitrogens with one attached hydrogen (secondary N) is 1. The molecule has 1 atom stereocenters. The summed E-state index contributed by atoms with van der Waals surface area (Å²) in [5, 5.41) is 27.8. The second-order valence-corrected chi connectivity index (χ2v) is 3.02. The first kappa shape index (κ1) is 16.9. The molecule has 1 amide bonds. The van der Waals surface area contributed by atoms with Gasteiger partial charge in [0.05, 0.1) is 19.8 Å². The zero-order valence-corrected chi connectivity index (χ0v) is 9.81. The van der Waals surface area contributed by atoms with Crippen LogP contribution in [0, 0.1) is 10.1 Å². The van der Waals surface area contributed by atoms with E-state index in [4.69, 9.17) is 14.9 Å². The van der Waals surface area contributed by atoms with Gasteiger partial charge in [0, 0.05) is 0 Å². The number of aliphatic carboxylic acids is 1. The molecular weight excluding hydrogens is 268 g/mol.